The van der Waals surface area contributed by atoms with Crippen molar-refractivity contribution >= 4 is 27.3 Å². The SMILES string of the molecule is CNCCC1CCN(C(=O)c2cc(S(=O)(=O)NC)cs2)CC1. The molecule has 0 radical (unpaired) electrons. The lowest BCUT2D eigenvalue weighted by Crippen LogP contribution is -2.38. The van der Waals surface area contributed by atoms with Crippen molar-refractivity contribution in [3.63, 3.8) is 0 Å². The molecular weight excluding hydrogens is 322 g/mol. The van der Waals surface area contributed by atoms with Gasteiger partial charge in [0.2, 0.25) is 10.0 Å². The monoisotopic (exact) mass is 345 g/mol. The van der Waals surface area contributed by atoms with Gasteiger partial charge in [-0.1, -0.05) is 0 Å². The van der Waals surface area contributed by atoms with E-state index in [1.165, 1.54) is 29.8 Å². The zero-order chi connectivity index (χ0) is 16.2. The molecule has 0 bridgehead atoms. The topological polar surface area (TPSA) is 78.5 Å². The molecule has 1 amide bonds. The van der Waals surface area contributed by atoms with Gasteiger partial charge in [0, 0.05) is 18.5 Å². The van der Waals surface area contributed by atoms with E-state index in [2.05, 4.69) is 10.0 Å². The van der Waals surface area contributed by atoms with Crippen LogP contribution in [-0.2, 0) is 10.0 Å². The first-order chi connectivity index (χ1) is 10.5. The molecule has 6 nitrogen and oxygen atoms in total. The van der Waals surface area contributed by atoms with Crippen LogP contribution < -0.4 is 10.0 Å². The fourth-order valence-electron chi connectivity index (χ4n) is 2.62. The van der Waals surface area contributed by atoms with E-state index >= 15 is 0 Å². The van der Waals surface area contributed by atoms with Gasteiger partial charge in [-0.3, -0.25) is 4.79 Å². The first-order valence-corrected chi connectivity index (χ1v) is 9.80. The third-order valence-electron chi connectivity index (χ3n) is 4.07. The second kappa shape index (κ2) is 7.54. The zero-order valence-corrected chi connectivity index (χ0v) is 14.6. The number of piperidine rings is 1. The molecule has 2 heterocycles. The highest BCUT2D eigenvalue weighted by molar-refractivity contribution is 7.89. The summed E-state index contributed by atoms with van der Waals surface area (Å²) in [5.41, 5.74) is 0. The van der Waals surface area contributed by atoms with Crippen LogP contribution in [0.15, 0.2) is 16.3 Å². The van der Waals surface area contributed by atoms with Crippen LogP contribution in [0.25, 0.3) is 0 Å². The van der Waals surface area contributed by atoms with Crippen LogP contribution in [0, 0.1) is 5.92 Å². The maximum atomic E-state index is 12.5. The normalized spacial score (nSPS) is 16.9. The minimum atomic E-state index is -3.48. The van der Waals surface area contributed by atoms with E-state index in [-0.39, 0.29) is 10.8 Å². The van der Waals surface area contributed by atoms with Gasteiger partial charge in [0.05, 0.1) is 9.77 Å². The van der Waals surface area contributed by atoms with Crippen molar-refractivity contribution in [2.75, 3.05) is 33.7 Å². The second-order valence-corrected chi connectivity index (χ2v) is 8.28. The van der Waals surface area contributed by atoms with Gasteiger partial charge in [0.25, 0.3) is 5.91 Å². The standard InChI is InChI=1S/C14H23N3O3S2/c1-15-6-3-11-4-7-17(8-5-11)14(18)13-9-12(10-21-13)22(19,20)16-2/h9-11,15-16H,3-8H2,1-2H3. The molecule has 124 valence electrons. The van der Waals surface area contributed by atoms with Crippen LogP contribution >= 0.6 is 11.3 Å². The van der Waals surface area contributed by atoms with Gasteiger partial charge in [-0.2, -0.15) is 0 Å². The summed E-state index contributed by atoms with van der Waals surface area (Å²) in [4.78, 5) is 14.9. The highest BCUT2D eigenvalue weighted by atomic mass is 32.2. The maximum absolute atomic E-state index is 12.5. The Morgan fingerprint density at radius 2 is 2.05 bits per heavy atom. The molecule has 1 saturated heterocycles. The molecule has 0 spiro atoms. The van der Waals surface area contributed by atoms with Crippen molar-refractivity contribution in [2.24, 2.45) is 5.92 Å². The first-order valence-electron chi connectivity index (χ1n) is 7.44. The Morgan fingerprint density at radius 1 is 1.36 bits per heavy atom. The van der Waals surface area contributed by atoms with Crippen molar-refractivity contribution in [3.8, 4) is 0 Å². The van der Waals surface area contributed by atoms with E-state index < -0.39 is 10.0 Å². The van der Waals surface area contributed by atoms with Crippen molar-refractivity contribution in [1.82, 2.24) is 14.9 Å². The number of amides is 1. The summed E-state index contributed by atoms with van der Waals surface area (Å²) in [5.74, 6) is 0.606. The lowest BCUT2D eigenvalue weighted by atomic mass is 9.93. The molecule has 0 aromatic carbocycles. The van der Waals surface area contributed by atoms with Crippen LogP contribution in [0.2, 0.25) is 0 Å². The van der Waals surface area contributed by atoms with Crippen LogP contribution in [0.4, 0.5) is 0 Å². The summed E-state index contributed by atoms with van der Waals surface area (Å²) < 4.78 is 25.7. The lowest BCUT2D eigenvalue weighted by molar-refractivity contribution is 0.0692. The molecule has 1 aliphatic rings. The zero-order valence-electron chi connectivity index (χ0n) is 13.0. The number of nitrogens with zero attached hydrogens (tertiary/aromatic N) is 1. The Kier molecular flexibility index (Phi) is 5.96. The van der Waals surface area contributed by atoms with Crippen molar-refractivity contribution in [3.05, 3.63) is 16.3 Å². The molecule has 0 aliphatic carbocycles. The molecule has 8 heteroatoms. The molecule has 0 unspecified atom stereocenters. The Balaban J connectivity index is 1.96. The molecule has 1 aromatic rings. The second-order valence-electron chi connectivity index (χ2n) is 5.48. The van der Waals surface area contributed by atoms with Crippen LogP contribution in [0.1, 0.15) is 28.9 Å². The van der Waals surface area contributed by atoms with Gasteiger partial charge in [0.1, 0.15) is 0 Å². The van der Waals surface area contributed by atoms with Crippen molar-refractivity contribution < 1.29 is 13.2 Å². The highest BCUT2D eigenvalue weighted by Gasteiger charge is 2.25. The summed E-state index contributed by atoms with van der Waals surface area (Å²) in [7, 11) is -0.162. The fraction of sp³-hybridized carbons (Fsp3) is 0.643. The number of rotatable bonds is 6. The van der Waals surface area contributed by atoms with E-state index in [0.29, 0.717) is 10.8 Å². The summed E-state index contributed by atoms with van der Waals surface area (Å²) >= 11 is 1.19. The Labute approximate surface area is 135 Å². The van der Waals surface area contributed by atoms with Gasteiger partial charge < -0.3 is 10.2 Å². The Hall–Kier alpha value is -0.960. The molecule has 1 fully saturated rings. The molecule has 2 N–H and O–H groups in total. The van der Waals surface area contributed by atoms with E-state index in [9.17, 15) is 13.2 Å². The largest absolute Gasteiger partial charge is 0.338 e. The molecule has 0 atom stereocenters. The summed E-state index contributed by atoms with van der Waals surface area (Å²) in [6.45, 7) is 2.51. The fourth-order valence-corrected chi connectivity index (χ4v) is 4.59. The molecule has 2 rings (SSSR count). The number of thiophene rings is 1. The lowest BCUT2D eigenvalue weighted by Gasteiger charge is -2.31. The van der Waals surface area contributed by atoms with Crippen molar-refractivity contribution in [1.29, 1.82) is 0 Å². The van der Waals surface area contributed by atoms with E-state index in [0.717, 1.165) is 38.9 Å². The van der Waals surface area contributed by atoms with Crippen molar-refractivity contribution in [2.45, 2.75) is 24.2 Å². The third kappa shape index (κ3) is 4.07. The number of nitrogens with one attached hydrogen (secondary N) is 2. The maximum Gasteiger partial charge on any atom is 0.263 e. The molecule has 1 aliphatic heterocycles. The number of hydrogen-bond donors (Lipinski definition) is 2. The summed E-state index contributed by atoms with van der Waals surface area (Å²) in [5, 5.41) is 4.67. The van der Waals surface area contributed by atoms with E-state index in [1.807, 2.05) is 11.9 Å². The van der Waals surface area contributed by atoms with Gasteiger partial charge in [-0.25, -0.2) is 13.1 Å². The average Bonchev–Trinajstić information content (AvgIpc) is 3.03. The summed E-state index contributed by atoms with van der Waals surface area (Å²) in [6.07, 6.45) is 3.17. The predicted octanol–water partition coefficient (Wildman–Crippen LogP) is 1.12. The minimum Gasteiger partial charge on any atom is -0.338 e. The highest BCUT2D eigenvalue weighted by Crippen LogP contribution is 2.25. The first kappa shape index (κ1) is 17.4. The van der Waals surface area contributed by atoms with Gasteiger partial charge >= 0.3 is 0 Å². The average molecular weight is 345 g/mol. The molecule has 1 aromatic heterocycles. The predicted molar refractivity (Wildman–Crippen MR) is 87.7 cm³/mol. The van der Waals surface area contributed by atoms with Gasteiger partial charge in [-0.05, 0) is 51.9 Å². The number of hydrogen-bond acceptors (Lipinski definition) is 5. The van der Waals surface area contributed by atoms with E-state index in [4.69, 9.17) is 0 Å². The molecular formula is C14H23N3O3S2. The van der Waals surface area contributed by atoms with E-state index in [1.54, 1.807) is 0 Å². The van der Waals surface area contributed by atoms with Crippen LogP contribution in [0.5, 0.6) is 0 Å². The van der Waals surface area contributed by atoms with Crippen LogP contribution in [0.3, 0.4) is 0 Å². The molecule has 0 saturated carbocycles. The molecule has 22 heavy (non-hydrogen) atoms. The summed E-state index contributed by atoms with van der Waals surface area (Å²) in [6, 6.07) is 1.46. The number of carbonyl (C=O) groups excluding carboxylic acids is 1. The Bertz CT molecular complexity index is 605. The quantitative estimate of drug-likeness (QED) is 0.810. The van der Waals surface area contributed by atoms with Gasteiger partial charge in [0.15, 0.2) is 0 Å². The number of likely N-dealkylation sites (tertiary alicyclic amines) is 1. The van der Waals surface area contributed by atoms with Crippen LogP contribution in [-0.4, -0.2) is 53.0 Å². The Morgan fingerprint density at radius 3 is 2.64 bits per heavy atom. The van der Waals surface area contributed by atoms with Gasteiger partial charge in [-0.15, -0.1) is 11.3 Å². The third-order valence-corrected chi connectivity index (χ3v) is 6.53. The number of sulfonamides is 1. The smallest absolute Gasteiger partial charge is 0.263 e. The minimum absolute atomic E-state index is 0.0605. The number of carbonyl (C=O) groups is 1.